The molecule has 2 amide bonds. The van der Waals surface area contributed by atoms with E-state index < -0.39 is 49.1 Å². The van der Waals surface area contributed by atoms with Gasteiger partial charge < -0.3 is 25.2 Å². The van der Waals surface area contributed by atoms with Crippen LogP contribution in [0.25, 0.3) is 11.1 Å². The average Bonchev–Trinajstić information content (AvgIpc) is 3.12. The molecule has 1 aliphatic carbocycles. The van der Waals surface area contributed by atoms with Crippen molar-refractivity contribution in [1.82, 2.24) is 10.6 Å². The Kier molecular flexibility index (Phi) is 8.34. The Morgan fingerprint density at radius 2 is 1.60 bits per heavy atom. The van der Waals surface area contributed by atoms with E-state index in [1.807, 2.05) is 53.8 Å². The predicted molar refractivity (Wildman–Crippen MR) is 119 cm³/mol. The van der Waals surface area contributed by atoms with E-state index in [-0.39, 0.29) is 19.1 Å². The Morgan fingerprint density at radius 1 is 1.03 bits per heavy atom. The van der Waals surface area contributed by atoms with Crippen LogP contribution in [0.3, 0.4) is 0 Å². The number of hydrogen-bond donors (Lipinski definition) is 3. The van der Waals surface area contributed by atoms with Gasteiger partial charge in [0.2, 0.25) is 5.91 Å². The van der Waals surface area contributed by atoms with Crippen molar-refractivity contribution < 1.29 is 42.1 Å². The third kappa shape index (κ3) is 6.95. The van der Waals surface area contributed by atoms with Gasteiger partial charge in [0, 0.05) is 19.6 Å². The first-order valence-electron chi connectivity index (χ1n) is 10.8. The summed E-state index contributed by atoms with van der Waals surface area (Å²) in [6.45, 7) is -0.479. The lowest BCUT2D eigenvalue weighted by Gasteiger charge is -2.22. The van der Waals surface area contributed by atoms with Crippen LogP contribution in [0.15, 0.2) is 48.5 Å². The minimum atomic E-state index is -4.75. The molecule has 0 aliphatic heterocycles. The molecule has 8 nitrogen and oxygen atoms in total. The van der Waals surface area contributed by atoms with Crippen molar-refractivity contribution in [3.05, 3.63) is 59.7 Å². The van der Waals surface area contributed by atoms with E-state index in [0.29, 0.717) is 0 Å². The number of nitrogens with one attached hydrogen (secondary N) is 2. The molecule has 3 N–H and O–H groups in total. The van der Waals surface area contributed by atoms with E-state index >= 15 is 0 Å². The lowest BCUT2D eigenvalue weighted by atomic mass is 9.98. The number of benzene rings is 2. The Morgan fingerprint density at radius 3 is 2.11 bits per heavy atom. The number of aliphatic carboxylic acids is 1. The number of ether oxygens (including phenoxy) is 2. The summed E-state index contributed by atoms with van der Waals surface area (Å²) >= 11 is 0. The quantitative estimate of drug-likeness (QED) is 0.466. The molecular formula is C24H25F3N2O6. The predicted octanol–water partition coefficient (Wildman–Crippen LogP) is 3.45. The van der Waals surface area contributed by atoms with Crippen molar-refractivity contribution in [1.29, 1.82) is 0 Å². The maximum absolute atomic E-state index is 13.0. The number of methoxy groups -OCH3 is 1. The highest BCUT2D eigenvalue weighted by atomic mass is 19.4. The SMILES string of the molecule is COC(CNC(=O)C(CC(F)(F)F)NC(=O)OCC1c2ccccc2-c2ccccc21)CC(=O)O. The smallest absolute Gasteiger partial charge is 0.407 e. The maximum atomic E-state index is 13.0. The number of carboxylic acids is 1. The molecule has 11 heteroatoms. The van der Waals surface area contributed by atoms with Crippen LogP contribution in [0.4, 0.5) is 18.0 Å². The van der Waals surface area contributed by atoms with Crippen molar-refractivity contribution in [3.63, 3.8) is 0 Å². The van der Waals surface area contributed by atoms with Gasteiger partial charge in [0.05, 0.1) is 18.9 Å². The van der Waals surface area contributed by atoms with Gasteiger partial charge in [-0.2, -0.15) is 13.2 Å². The summed E-state index contributed by atoms with van der Waals surface area (Å²) in [5.41, 5.74) is 3.83. The maximum Gasteiger partial charge on any atom is 0.407 e. The van der Waals surface area contributed by atoms with Crippen molar-refractivity contribution >= 4 is 18.0 Å². The molecule has 0 saturated carbocycles. The van der Waals surface area contributed by atoms with Crippen LogP contribution < -0.4 is 10.6 Å². The van der Waals surface area contributed by atoms with Gasteiger partial charge in [-0.05, 0) is 22.3 Å². The first-order valence-corrected chi connectivity index (χ1v) is 10.8. The van der Waals surface area contributed by atoms with Gasteiger partial charge >= 0.3 is 18.2 Å². The summed E-state index contributed by atoms with van der Waals surface area (Å²) in [5, 5.41) is 13.0. The molecule has 0 bridgehead atoms. The largest absolute Gasteiger partial charge is 0.481 e. The van der Waals surface area contributed by atoms with Crippen LogP contribution in [0, 0.1) is 0 Å². The van der Waals surface area contributed by atoms with Crippen molar-refractivity contribution in [3.8, 4) is 11.1 Å². The molecule has 2 aromatic rings. The minimum Gasteiger partial charge on any atom is -0.481 e. The second-order valence-electron chi connectivity index (χ2n) is 8.04. The molecule has 0 fully saturated rings. The summed E-state index contributed by atoms with van der Waals surface area (Å²) in [5.74, 6) is -2.64. The highest BCUT2D eigenvalue weighted by Crippen LogP contribution is 2.44. The fourth-order valence-corrected chi connectivity index (χ4v) is 3.99. The molecule has 188 valence electrons. The summed E-state index contributed by atoms with van der Waals surface area (Å²) in [6.07, 6.45) is -8.96. The van der Waals surface area contributed by atoms with Gasteiger partial charge in [-0.3, -0.25) is 9.59 Å². The van der Waals surface area contributed by atoms with Crippen LogP contribution in [0.2, 0.25) is 0 Å². The molecule has 0 heterocycles. The summed E-state index contributed by atoms with van der Waals surface area (Å²) in [7, 11) is 1.21. The number of hydrogen-bond acceptors (Lipinski definition) is 5. The zero-order valence-corrected chi connectivity index (χ0v) is 18.8. The van der Waals surface area contributed by atoms with Crippen molar-refractivity contribution in [2.75, 3.05) is 20.3 Å². The van der Waals surface area contributed by atoms with Crippen LogP contribution in [0.1, 0.15) is 29.9 Å². The topological polar surface area (TPSA) is 114 Å². The summed E-state index contributed by atoms with van der Waals surface area (Å²) in [6, 6.07) is 13.2. The standard InChI is InChI=1S/C24H25F3N2O6/c1-34-14(10-21(30)31)12-28-22(32)20(11-24(25,26)27)29-23(33)35-13-19-17-8-4-2-6-15(17)16-7-3-5-9-18(16)19/h2-9,14,19-20H,10-13H2,1H3,(H,28,32)(H,29,33)(H,30,31). The van der Waals surface area contributed by atoms with E-state index in [9.17, 15) is 27.6 Å². The Labute approximate surface area is 199 Å². The number of rotatable bonds is 10. The van der Waals surface area contributed by atoms with Crippen LogP contribution in [-0.4, -0.2) is 61.7 Å². The minimum absolute atomic E-state index is 0.134. The van der Waals surface area contributed by atoms with E-state index in [2.05, 4.69) is 5.32 Å². The molecule has 0 aromatic heterocycles. The van der Waals surface area contributed by atoms with Gasteiger partial charge in [0.15, 0.2) is 0 Å². The molecule has 2 aromatic carbocycles. The monoisotopic (exact) mass is 494 g/mol. The molecule has 3 rings (SSSR count). The van der Waals surface area contributed by atoms with Crippen molar-refractivity contribution in [2.24, 2.45) is 0 Å². The molecule has 2 unspecified atom stereocenters. The van der Waals surface area contributed by atoms with Crippen LogP contribution in [-0.2, 0) is 19.1 Å². The van der Waals surface area contributed by atoms with E-state index in [1.54, 1.807) is 0 Å². The number of carbonyl (C=O) groups excluding carboxylic acids is 2. The number of fused-ring (bicyclic) bond motifs is 3. The Hall–Kier alpha value is -3.60. The second-order valence-corrected chi connectivity index (χ2v) is 8.04. The molecule has 2 atom stereocenters. The van der Waals surface area contributed by atoms with Gasteiger partial charge in [0.25, 0.3) is 0 Å². The average molecular weight is 494 g/mol. The van der Waals surface area contributed by atoms with Gasteiger partial charge in [-0.25, -0.2) is 4.79 Å². The molecule has 35 heavy (non-hydrogen) atoms. The fraction of sp³-hybridized carbons (Fsp3) is 0.375. The number of carbonyl (C=O) groups is 3. The lowest BCUT2D eigenvalue weighted by Crippen LogP contribution is -2.50. The first-order chi connectivity index (χ1) is 16.6. The Balaban J connectivity index is 1.64. The number of alkyl halides is 3. The van der Waals surface area contributed by atoms with Gasteiger partial charge in [-0.15, -0.1) is 0 Å². The zero-order valence-electron chi connectivity index (χ0n) is 18.8. The number of alkyl carbamates (subject to hydrolysis) is 1. The fourth-order valence-electron chi connectivity index (χ4n) is 3.99. The Bertz CT molecular complexity index is 1030. The number of halogens is 3. The normalized spacial score (nSPS) is 14.4. The van der Waals surface area contributed by atoms with E-state index in [1.165, 1.54) is 7.11 Å². The highest BCUT2D eigenvalue weighted by Gasteiger charge is 2.37. The highest BCUT2D eigenvalue weighted by molar-refractivity contribution is 5.86. The zero-order chi connectivity index (χ0) is 25.6. The molecule has 0 spiro atoms. The van der Waals surface area contributed by atoms with Crippen molar-refractivity contribution in [2.45, 2.75) is 37.1 Å². The van der Waals surface area contributed by atoms with E-state index in [4.69, 9.17) is 14.6 Å². The van der Waals surface area contributed by atoms with E-state index in [0.717, 1.165) is 22.3 Å². The van der Waals surface area contributed by atoms with Crippen LogP contribution in [0.5, 0.6) is 0 Å². The number of carboxylic acid groups (broad SMARTS) is 1. The second kappa shape index (κ2) is 11.2. The third-order valence-corrected chi connectivity index (χ3v) is 5.63. The first kappa shape index (κ1) is 26.0. The molecule has 0 radical (unpaired) electrons. The number of amides is 2. The third-order valence-electron chi connectivity index (χ3n) is 5.63. The lowest BCUT2D eigenvalue weighted by molar-refractivity contribution is -0.149. The van der Waals surface area contributed by atoms with Gasteiger partial charge in [-0.1, -0.05) is 48.5 Å². The van der Waals surface area contributed by atoms with Gasteiger partial charge in [0.1, 0.15) is 12.6 Å². The molecular weight excluding hydrogens is 469 g/mol. The molecule has 1 aliphatic rings. The summed E-state index contributed by atoms with van der Waals surface area (Å²) < 4.78 is 49.3. The van der Waals surface area contributed by atoms with Crippen LogP contribution >= 0.6 is 0 Å². The summed E-state index contributed by atoms with van der Waals surface area (Å²) in [4.78, 5) is 35.5. The molecule has 0 saturated heterocycles.